The molecule has 146 valence electrons. The van der Waals surface area contributed by atoms with E-state index in [1.807, 2.05) is 38.1 Å². The summed E-state index contributed by atoms with van der Waals surface area (Å²) in [6.07, 6.45) is 7.39. The number of hydrogen-bond donors (Lipinski definition) is 1. The van der Waals surface area contributed by atoms with Crippen molar-refractivity contribution in [3.05, 3.63) is 29.8 Å². The zero-order valence-corrected chi connectivity index (χ0v) is 17.1. The van der Waals surface area contributed by atoms with Crippen molar-refractivity contribution in [2.75, 3.05) is 11.9 Å². The molecule has 1 saturated heterocycles. The Balaban J connectivity index is 1.64. The van der Waals surface area contributed by atoms with Crippen LogP contribution in [0, 0.1) is 6.92 Å². The van der Waals surface area contributed by atoms with E-state index in [0.29, 0.717) is 12.6 Å². The van der Waals surface area contributed by atoms with Gasteiger partial charge in [-0.2, -0.15) is 0 Å². The number of amides is 2. The lowest BCUT2D eigenvalue weighted by molar-refractivity contribution is -0.128. The number of nitrogens with one attached hydrogen (secondary N) is 1. The van der Waals surface area contributed by atoms with Crippen LogP contribution in [0.2, 0.25) is 0 Å². The van der Waals surface area contributed by atoms with Crippen LogP contribution in [0.3, 0.4) is 0 Å². The Morgan fingerprint density at radius 1 is 1.26 bits per heavy atom. The van der Waals surface area contributed by atoms with E-state index in [1.165, 1.54) is 37.4 Å². The maximum Gasteiger partial charge on any atom is 0.242 e. The molecule has 27 heavy (non-hydrogen) atoms. The molecule has 1 aromatic rings. The van der Waals surface area contributed by atoms with Gasteiger partial charge in [-0.1, -0.05) is 49.6 Å². The minimum absolute atomic E-state index is 0.00858. The van der Waals surface area contributed by atoms with Gasteiger partial charge in [-0.05, 0) is 44.4 Å². The molecule has 0 radical (unpaired) electrons. The summed E-state index contributed by atoms with van der Waals surface area (Å²) in [7, 11) is 0. The predicted octanol–water partition coefficient (Wildman–Crippen LogP) is 4.37. The number of thioether (sulfide) groups is 1. The molecule has 1 heterocycles. The van der Waals surface area contributed by atoms with E-state index < -0.39 is 0 Å². The second-order valence-corrected chi connectivity index (χ2v) is 8.54. The lowest BCUT2D eigenvalue weighted by Gasteiger charge is -2.16. The van der Waals surface area contributed by atoms with E-state index in [-0.39, 0.29) is 23.5 Å². The molecule has 2 fully saturated rings. The molecule has 2 amide bonds. The van der Waals surface area contributed by atoms with Crippen molar-refractivity contribution in [1.82, 2.24) is 4.90 Å². The number of nitrogens with zero attached hydrogens (tertiary/aromatic N) is 2. The van der Waals surface area contributed by atoms with Crippen LogP contribution in [0.25, 0.3) is 0 Å². The molecule has 0 aromatic heterocycles. The maximum atomic E-state index is 12.7. The number of benzene rings is 1. The fourth-order valence-electron chi connectivity index (χ4n) is 3.68. The smallest absolute Gasteiger partial charge is 0.242 e. The van der Waals surface area contributed by atoms with Crippen molar-refractivity contribution in [3.63, 3.8) is 0 Å². The van der Waals surface area contributed by atoms with Gasteiger partial charge < -0.3 is 5.32 Å². The van der Waals surface area contributed by atoms with Gasteiger partial charge in [-0.25, -0.2) is 0 Å². The number of aliphatic imine (C=N–C) groups is 1. The Morgan fingerprint density at radius 2 is 2.00 bits per heavy atom. The first-order chi connectivity index (χ1) is 13.1. The highest BCUT2D eigenvalue weighted by Gasteiger charge is 2.38. The van der Waals surface area contributed by atoms with Crippen molar-refractivity contribution in [1.29, 1.82) is 0 Å². The standard InChI is InChI=1S/C21H29N3O2S/c1-3-24-20(26)18(14-19(25)22-17-12-8-9-15(2)13-17)27-21(24)23-16-10-6-4-5-7-11-16/h8-9,12-13,16,18H,3-7,10-11,14H2,1-2H3,(H,22,25). The summed E-state index contributed by atoms with van der Waals surface area (Å²) >= 11 is 1.46. The van der Waals surface area contributed by atoms with Crippen molar-refractivity contribution < 1.29 is 9.59 Å². The molecule has 0 spiro atoms. The molecule has 1 aromatic carbocycles. The van der Waals surface area contributed by atoms with E-state index >= 15 is 0 Å². The van der Waals surface area contributed by atoms with Crippen LogP contribution < -0.4 is 5.32 Å². The largest absolute Gasteiger partial charge is 0.326 e. The van der Waals surface area contributed by atoms with Crippen LogP contribution in [0.4, 0.5) is 5.69 Å². The zero-order valence-electron chi connectivity index (χ0n) is 16.2. The van der Waals surface area contributed by atoms with Gasteiger partial charge in [0.1, 0.15) is 5.25 Å². The quantitative estimate of drug-likeness (QED) is 0.763. The number of anilines is 1. The Hall–Kier alpha value is -1.82. The summed E-state index contributed by atoms with van der Waals surface area (Å²) in [6.45, 7) is 4.56. The molecular formula is C21H29N3O2S. The summed E-state index contributed by atoms with van der Waals surface area (Å²) in [6, 6.07) is 8.01. The Labute approximate surface area is 166 Å². The molecule has 1 unspecified atom stereocenters. The summed E-state index contributed by atoms with van der Waals surface area (Å²) < 4.78 is 0. The normalized spacial score (nSPS) is 22.9. The molecule has 6 heteroatoms. The Kier molecular flexibility index (Phi) is 6.94. The SMILES string of the molecule is CCN1C(=O)C(CC(=O)Nc2cccc(C)c2)SC1=NC1CCCCCC1. The third-order valence-corrected chi connectivity index (χ3v) is 6.32. The Bertz CT molecular complexity index is 711. The molecule has 1 N–H and O–H groups in total. The predicted molar refractivity (Wildman–Crippen MR) is 112 cm³/mol. The highest BCUT2D eigenvalue weighted by Crippen LogP contribution is 2.31. The van der Waals surface area contributed by atoms with Gasteiger partial charge in [0, 0.05) is 18.7 Å². The topological polar surface area (TPSA) is 61.8 Å². The average molecular weight is 388 g/mol. The third-order valence-electron chi connectivity index (χ3n) is 5.13. The molecule has 0 bridgehead atoms. The second kappa shape index (κ2) is 9.40. The number of aryl methyl sites for hydroxylation is 1. The van der Waals surface area contributed by atoms with Crippen LogP contribution in [0.5, 0.6) is 0 Å². The van der Waals surface area contributed by atoms with Crippen LogP contribution in [-0.4, -0.2) is 39.7 Å². The molecule has 1 atom stereocenters. The first kappa shape index (κ1) is 19.9. The number of hydrogen-bond acceptors (Lipinski definition) is 4. The first-order valence-electron chi connectivity index (χ1n) is 9.99. The van der Waals surface area contributed by atoms with Crippen molar-refractivity contribution in [3.8, 4) is 0 Å². The summed E-state index contributed by atoms with van der Waals surface area (Å²) in [5, 5.41) is 3.34. The van der Waals surface area contributed by atoms with E-state index in [4.69, 9.17) is 4.99 Å². The first-order valence-corrected chi connectivity index (χ1v) is 10.9. The molecule has 2 aliphatic rings. The summed E-state index contributed by atoms with van der Waals surface area (Å²) in [4.78, 5) is 31.8. The maximum absolute atomic E-state index is 12.7. The monoisotopic (exact) mass is 387 g/mol. The fraction of sp³-hybridized carbons (Fsp3) is 0.571. The van der Waals surface area contributed by atoms with Crippen LogP contribution in [-0.2, 0) is 9.59 Å². The minimum atomic E-state index is -0.376. The van der Waals surface area contributed by atoms with Gasteiger partial charge in [0.15, 0.2) is 5.17 Å². The number of carbonyl (C=O) groups excluding carboxylic acids is 2. The highest BCUT2D eigenvalue weighted by atomic mass is 32.2. The van der Waals surface area contributed by atoms with Crippen LogP contribution >= 0.6 is 11.8 Å². The molecule has 1 saturated carbocycles. The molecular weight excluding hydrogens is 358 g/mol. The number of rotatable bonds is 5. The summed E-state index contributed by atoms with van der Waals surface area (Å²) in [5.74, 6) is -0.118. The van der Waals surface area contributed by atoms with E-state index in [2.05, 4.69) is 5.32 Å². The average Bonchev–Trinajstić information content (AvgIpc) is 2.79. The van der Waals surface area contributed by atoms with Gasteiger partial charge in [0.05, 0.1) is 6.04 Å². The van der Waals surface area contributed by atoms with Crippen molar-refractivity contribution >= 4 is 34.4 Å². The van der Waals surface area contributed by atoms with Crippen LogP contribution in [0.1, 0.15) is 57.4 Å². The second-order valence-electron chi connectivity index (χ2n) is 7.37. The molecule has 5 nitrogen and oxygen atoms in total. The van der Waals surface area contributed by atoms with Gasteiger partial charge in [-0.3, -0.25) is 19.5 Å². The number of amidine groups is 1. The van der Waals surface area contributed by atoms with E-state index in [9.17, 15) is 9.59 Å². The lowest BCUT2D eigenvalue weighted by atomic mass is 10.1. The van der Waals surface area contributed by atoms with Crippen molar-refractivity contribution in [2.24, 2.45) is 4.99 Å². The van der Waals surface area contributed by atoms with Gasteiger partial charge in [0.2, 0.25) is 11.8 Å². The molecule has 1 aliphatic carbocycles. The Morgan fingerprint density at radius 3 is 2.67 bits per heavy atom. The van der Waals surface area contributed by atoms with Gasteiger partial charge in [-0.15, -0.1) is 0 Å². The van der Waals surface area contributed by atoms with Gasteiger partial charge in [0.25, 0.3) is 0 Å². The van der Waals surface area contributed by atoms with Gasteiger partial charge >= 0.3 is 0 Å². The molecule has 1 aliphatic heterocycles. The van der Waals surface area contributed by atoms with E-state index in [1.54, 1.807) is 4.90 Å². The minimum Gasteiger partial charge on any atom is -0.326 e. The summed E-state index contributed by atoms with van der Waals surface area (Å²) in [5.41, 5.74) is 1.87. The van der Waals surface area contributed by atoms with Crippen molar-refractivity contribution in [2.45, 2.75) is 70.1 Å². The third kappa shape index (κ3) is 5.34. The lowest BCUT2D eigenvalue weighted by Crippen LogP contribution is -2.33. The number of carbonyl (C=O) groups is 2. The van der Waals surface area contributed by atoms with Crippen LogP contribution in [0.15, 0.2) is 29.3 Å². The zero-order chi connectivity index (χ0) is 19.2. The fourth-order valence-corrected chi connectivity index (χ4v) is 4.95. The molecule has 3 rings (SSSR count). The van der Waals surface area contributed by atoms with E-state index in [0.717, 1.165) is 29.3 Å². The highest BCUT2D eigenvalue weighted by molar-refractivity contribution is 8.15.